The molecule has 0 radical (unpaired) electrons. The summed E-state index contributed by atoms with van der Waals surface area (Å²) in [5.41, 5.74) is 3.23. The molecule has 0 bridgehead atoms. The quantitative estimate of drug-likeness (QED) is 0.778. The molecule has 0 saturated heterocycles. The zero-order valence-corrected chi connectivity index (χ0v) is 11.0. The minimum absolute atomic E-state index is 0.180. The summed E-state index contributed by atoms with van der Waals surface area (Å²) in [5.74, 6) is 0.658. The van der Waals surface area contributed by atoms with Crippen molar-refractivity contribution in [2.75, 3.05) is 5.32 Å². The molecule has 0 aliphatic rings. The Morgan fingerprint density at radius 2 is 1.89 bits per heavy atom. The molecule has 4 heteroatoms. The highest BCUT2D eigenvalue weighted by atomic mass is 15.3. The molecule has 4 nitrogen and oxygen atoms in total. The smallest absolute Gasteiger partial charge is 0.243 e. The number of aromatic nitrogens is 3. The van der Waals surface area contributed by atoms with Gasteiger partial charge >= 0.3 is 0 Å². The van der Waals surface area contributed by atoms with E-state index in [-0.39, 0.29) is 6.04 Å². The molecule has 0 aliphatic heterocycles. The van der Waals surface area contributed by atoms with Gasteiger partial charge in [-0.15, -0.1) is 5.10 Å². The molecule has 1 aromatic carbocycles. The van der Waals surface area contributed by atoms with Crippen LogP contribution in [0.4, 0.5) is 5.95 Å². The van der Waals surface area contributed by atoms with E-state index in [9.17, 15) is 0 Å². The van der Waals surface area contributed by atoms with E-state index in [4.69, 9.17) is 0 Å². The number of anilines is 1. The molecule has 3 rings (SSSR count). The fourth-order valence-electron chi connectivity index (χ4n) is 2.12. The van der Waals surface area contributed by atoms with Crippen molar-refractivity contribution < 1.29 is 0 Å². The first kappa shape index (κ1) is 11.7. The monoisotopic (exact) mass is 252 g/mol. The van der Waals surface area contributed by atoms with E-state index in [0.717, 1.165) is 11.2 Å². The van der Waals surface area contributed by atoms with Crippen LogP contribution >= 0.6 is 0 Å². The van der Waals surface area contributed by atoms with Crippen LogP contribution in [0, 0.1) is 6.92 Å². The highest BCUT2D eigenvalue weighted by Gasteiger charge is 2.09. The molecule has 2 heterocycles. The fraction of sp³-hybridized carbons (Fsp3) is 0.200. The summed E-state index contributed by atoms with van der Waals surface area (Å²) < 4.78 is 1.80. The second-order valence-corrected chi connectivity index (χ2v) is 4.67. The Hall–Kier alpha value is -2.36. The third-order valence-electron chi connectivity index (χ3n) is 3.20. The summed E-state index contributed by atoms with van der Waals surface area (Å²) in [7, 11) is 0. The molecule has 96 valence electrons. The normalized spacial score (nSPS) is 12.5. The highest BCUT2D eigenvalue weighted by Crippen LogP contribution is 2.17. The van der Waals surface area contributed by atoms with Crippen LogP contribution in [0.15, 0.2) is 48.7 Å². The number of pyridine rings is 1. The number of benzene rings is 1. The molecule has 19 heavy (non-hydrogen) atoms. The first-order chi connectivity index (χ1) is 9.24. The Labute approximate surface area is 112 Å². The van der Waals surface area contributed by atoms with Crippen molar-refractivity contribution in [3.05, 3.63) is 59.8 Å². The van der Waals surface area contributed by atoms with E-state index in [0.29, 0.717) is 5.95 Å². The van der Waals surface area contributed by atoms with Gasteiger partial charge in [0, 0.05) is 6.20 Å². The van der Waals surface area contributed by atoms with Crippen molar-refractivity contribution in [3.63, 3.8) is 0 Å². The van der Waals surface area contributed by atoms with E-state index in [2.05, 4.69) is 34.5 Å². The standard InChI is InChI=1S/C15H16N4/c1-11-7-6-10-19-14(11)17-15(18-19)16-12(2)13-8-4-3-5-9-13/h3-10,12H,1-2H3,(H,16,18). The SMILES string of the molecule is Cc1cccn2nc(NC(C)c3ccccc3)nc12. The number of hydrogen-bond donors (Lipinski definition) is 1. The zero-order chi connectivity index (χ0) is 13.2. The van der Waals surface area contributed by atoms with Crippen LogP contribution in [0.5, 0.6) is 0 Å². The van der Waals surface area contributed by atoms with Gasteiger partial charge in [-0.25, -0.2) is 4.52 Å². The van der Waals surface area contributed by atoms with Crippen molar-refractivity contribution in [2.45, 2.75) is 19.9 Å². The Bertz CT molecular complexity index is 688. The molecular weight excluding hydrogens is 236 g/mol. The molecule has 3 aromatic rings. The van der Waals surface area contributed by atoms with E-state index in [1.165, 1.54) is 5.56 Å². The lowest BCUT2D eigenvalue weighted by molar-refractivity contribution is 0.852. The van der Waals surface area contributed by atoms with Crippen molar-refractivity contribution in [1.29, 1.82) is 0 Å². The van der Waals surface area contributed by atoms with E-state index in [1.54, 1.807) is 4.52 Å². The molecule has 0 amide bonds. The van der Waals surface area contributed by atoms with Gasteiger partial charge in [0.05, 0.1) is 6.04 Å². The van der Waals surface area contributed by atoms with Crippen molar-refractivity contribution >= 4 is 11.6 Å². The van der Waals surface area contributed by atoms with Crippen LogP contribution in [-0.2, 0) is 0 Å². The zero-order valence-electron chi connectivity index (χ0n) is 11.0. The third-order valence-corrected chi connectivity index (χ3v) is 3.20. The van der Waals surface area contributed by atoms with Gasteiger partial charge in [0.15, 0.2) is 5.65 Å². The molecule has 1 atom stereocenters. The van der Waals surface area contributed by atoms with Crippen LogP contribution in [0.2, 0.25) is 0 Å². The minimum Gasteiger partial charge on any atom is -0.346 e. The topological polar surface area (TPSA) is 42.2 Å². The van der Waals surface area contributed by atoms with Crippen LogP contribution in [0.25, 0.3) is 5.65 Å². The molecule has 0 fully saturated rings. The average molecular weight is 252 g/mol. The lowest BCUT2D eigenvalue weighted by Gasteiger charge is -2.11. The second-order valence-electron chi connectivity index (χ2n) is 4.67. The number of rotatable bonds is 3. The number of nitrogens with zero attached hydrogens (tertiary/aromatic N) is 3. The lowest BCUT2D eigenvalue weighted by Crippen LogP contribution is -2.07. The molecule has 0 spiro atoms. The van der Waals surface area contributed by atoms with E-state index < -0.39 is 0 Å². The number of fused-ring (bicyclic) bond motifs is 1. The van der Waals surface area contributed by atoms with Gasteiger partial charge in [0.1, 0.15) is 0 Å². The molecule has 1 N–H and O–H groups in total. The van der Waals surface area contributed by atoms with Gasteiger partial charge < -0.3 is 5.32 Å². The first-order valence-corrected chi connectivity index (χ1v) is 6.37. The largest absolute Gasteiger partial charge is 0.346 e. The number of hydrogen-bond acceptors (Lipinski definition) is 3. The van der Waals surface area contributed by atoms with Crippen LogP contribution < -0.4 is 5.32 Å². The maximum absolute atomic E-state index is 4.52. The summed E-state index contributed by atoms with van der Waals surface area (Å²) in [6, 6.07) is 14.5. The van der Waals surface area contributed by atoms with Crippen molar-refractivity contribution in [3.8, 4) is 0 Å². The Morgan fingerprint density at radius 3 is 2.63 bits per heavy atom. The summed E-state index contributed by atoms with van der Waals surface area (Å²) in [5, 5.41) is 7.77. The molecule has 0 aliphatic carbocycles. The summed E-state index contributed by atoms with van der Waals surface area (Å²) in [6.45, 7) is 4.14. The van der Waals surface area contributed by atoms with Gasteiger partial charge in [-0.2, -0.15) is 4.98 Å². The van der Waals surface area contributed by atoms with E-state index >= 15 is 0 Å². The second kappa shape index (κ2) is 4.72. The minimum atomic E-state index is 0.180. The van der Waals surface area contributed by atoms with Crippen LogP contribution in [0.3, 0.4) is 0 Å². The molecule has 2 aromatic heterocycles. The van der Waals surface area contributed by atoms with Crippen molar-refractivity contribution in [2.24, 2.45) is 0 Å². The maximum Gasteiger partial charge on any atom is 0.243 e. The summed E-state index contributed by atoms with van der Waals surface area (Å²) in [4.78, 5) is 4.52. The molecular formula is C15H16N4. The lowest BCUT2D eigenvalue weighted by atomic mass is 10.1. The Morgan fingerprint density at radius 1 is 1.11 bits per heavy atom. The number of nitrogens with one attached hydrogen (secondary N) is 1. The Kier molecular flexibility index (Phi) is 2.91. The van der Waals surface area contributed by atoms with Crippen LogP contribution in [-0.4, -0.2) is 14.6 Å². The van der Waals surface area contributed by atoms with Gasteiger partial charge in [0.25, 0.3) is 0 Å². The third kappa shape index (κ3) is 2.29. The Balaban J connectivity index is 1.88. The number of aryl methyl sites for hydroxylation is 1. The molecule has 1 unspecified atom stereocenters. The van der Waals surface area contributed by atoms with Gasteiger partial charge in [-0.05, 0) is 31.0 Å². The average Bonchev–Trinajstić information content (AvgIpc) is 2.84. The van der Waals surface area contributed by atoms with Crippen LogP contribution in [0.1, 0.15) is 24.1 Å². The van der Waals surface area contributed by atoms with E-state index in [1.807, 2.05) is 43.5 Å². The predicted octanol–water partition coefficient (Wildman–Crippen LogP) is 3.21. The van der Waals surface area contributed by atoms with Gasteiger partial charge in [-0.3, -0.25) is 0 Å². The fourth-order valence-corrected chi connectivity index (χ4v) is 2.12. The summed E-state index contributed by atoms with van der Waals surface area (Å²) >= 11 is 0. The maximum atomic E-state index is 4.52. The molecule has 0 saturated carbocycles. The predicted molar refractivity (Wildman–Crippen MR) is 76.2 cm³/mol. The van der Waals surface area contributed by atoms with Gasteiger partial charge in [0.2, 0.25) is 5.95 Å². The van der Waals surface area contributed by atoms with Gasteiger partial charge in [-0.1, -0.05) is 36.4 Å². The first-order valence-electron chi connectivity index (χ1n) is 6.37. The summed E-state index contributed by atoms with van der Waals surface area (Å²) in [6.07, 6.45) is 1.91. The van der Waals surface area contributed by atoms with Crippen molar-refractivity contribution in [1.82, 2.24) is 14.6 Å². The highest BCUT2D eigenvalue weighted by molar-refractivity contribution is 5.50.